The van der Waals surface area contributed by atoms with Crippen LogP contribution in [0.25, 0.3) is 0 Å². The van der Waals surface area contributed by atoms with E-state index in [1.165, 1.54) is 0 Å². The topological polar surface area (TPSA) is 17.1 Å². The van der Waals surface area contributed by atoms with Gasteiger partial charge in [0.1, 0.15) is 5.78 Å². The lowest BCUT2D eigenvalue weighted by molar-refractivity contribution is -0.116. The predicted octanol–water partition coefficient (Wildman–Crippen LogP) is 3.52. The van der Waals surface area contributed by atoms with Crippen molar-refractivity contribution in [3.8, 4) is 0 Å². The molecule has 0 aromatic heterocycles. The van der Waals surface area contributed by atoms with Gasteiger partial charge in [0.05, 0.1) is 10.0 Å². The Morgan fingerprint density at radius 1 is 1.38 bits per heavy atom. The number of carbonyl (C=O) groups is 1. The fourth-order valence-electron chi connectivity index (χ4n) is 1.05. The number of carbonyl (C=O) groups excluding carboxylic acids is 1. The van der Waals surface area contributed by atoms with Gasteiger partial charge in [-0.05, 0) is 25.0 Å². The molecule has 0 spiro atoms. The third kappa shape index (κ3) is 3.02. The van der Waals surface area contributed by atoms with E-state index in [1.54, 1.807) is 13.0 Å². The zero-order chi connectivity index (χ0) is 9.84. The van der Waals surface area contributed by atoms with Gasteiger partial charge in [-0.1, -0.05) is 35.3 Å². The summed E-state index contributed by atoms with van der Waals surface area (Å²) in [4.78, 5) is 10.7. The Balaban J connectivity index is 2.77. The number of halogens is 2. The lowest BCUT2D eigenvalue weighted by atomic mass is 10.1. The van der Waals surface area contributed by atoms with Crippen LogP contribution in [-0.2, 0) is 11.2 Å². The Morgan fingerprint density at radius 3 is 2.69 bits per heavy atom. The molecule has 0 fully saturated rings. The monoisotopic (exact) mass is 216 g/mol. The predicted molar refractivity (Wildman–Crippen MR) is 55.5 cm³/mol. The number of rotatable bonds is 3. The summed E-state index contributed by atoms with van der Waals surface area (Å²) >= 11 is 11.7. The van der Waals surface area contributed by atoms with Crippen molar-refractivity contribution in [3.63, 3.8) is 0 Å². The zero-order valence-corrected chi connectivity index (χ0v) is 8.82. The second kappa shape index (κ2) is 4.64. The van der Waals surface area contributed by atoms with Crippen LogP contribution >= 0.6 is 23.2 Å². The summed E-state index contributed by atoms with van der Waals surface area (Å²) in [6, 6.07) is 5.46. The van der Waals surface area contributed by atoms with E-state index in [1.807, 2.05) is 12.1 Å². The molecule has 0 aliphatic carbocycles. The second-order valence-corrected chi connectivity index (χ2v) is 3.70. The first-order valence-corrected chi connectivity index (χ1v) is 4.79. The molecule has 0 N–H and O–H groups in total. The fourth-order valence-corrected chi connectivity index (χ4v) is 1.47. The molecule has 0 radical (unpaired) electrons. The van der Waals surface area contributed by atoms with Gasteiger partial charge in [0.25, 0.3) is 0 Å². The molecule has 0 heterocycles. The van der Waals surface area contributed by atoms with Gasteiger partial charge in [0.2, 0.25) is 0 Å². The van der Waals surface area contributed by atoms with Crippen LogP contribution in [0.5, 0.6) is 0 Å². The molecule has 0 unspecified atom stereocenters. The molecule has 70 valence electrons. The maximum absolute atomic E-state index is 10.7. The molecule has 0 aliphatic heterocycles. The van der Waals surface area contributed by atoms with Gasteiger partial charge >= 0.3 is 0 Å². The van der Waals surface area contributed by atoms with Gasteiger partial charge in [-0.25, -0.2) is 0 Å². The van der Waals surface area contributed by atoms with E-state index in [2.05, 4.69) is 0 Å². The van der Waals surface area contributed by atoms with E-state index >= 15 is 0 Å². The summed E-state index contributed by atoms with van der Waals surface area (Å²) in [5.41, 5.74) is 0.935. The van der Waals surface area contributed by atoms with Crippen LogP contribution in [0.3, 0.4) is 0 Å². The Kier molecular flexibility index (Phi) is 3.76. The lowest BCUT2D eigenvalue weighted by Crippen LogP contribution is -1.94. The van der Waals surface area contributed by atoms with Crippen LogP contribution in [0.15, 0.2) is 18.2 Å². The molecule has 0 saturated heterocycles. The van der Waals surface area contributed by atoms with Crippen LogP contribution in [0.4, 0.5) is 0 Å². The zero-order valence-electron chi connectivity index (χ0n) is 7.31. The smallest absolute Gasteiger partial charge is 0.130 e. The molecule has 1 aromatic carbocycles. The summed E-state index contributed by atoms with van der Waals surface area (Å²) in [6.07, 6.45) is 1.18. The highest BCUT2D eigenvalue weighted by Crippen LogP contribution is 2.26. The van der Waals surface area contributed by atoms with Gasteiger partial charge in [-0.2, -0.15) is 0 Å². The van der Waals surface area contributed by atoms with Crippen LogP contribution in [0.2, 0.25) is 10.0 Å². The number of Topliss-reactive ketones (excluding diaryl/α,β-unsaturated/α-hetero) is 1. The summed E-state index contributed by atoms with van der Waals surface area (Å²) in [5, 5.41) is 1.10. The first kappa shape index (κ1) is 10.6. The molecule has 0 bridgehead atoms. The third-order valence-corrected chi connectivity index (χ3v) is 2.64. The minimum Gasteiger partial charge on any atom is -0.300 e. The van der Waals surface area contributed by atoms with Gasteiger partial charge in [-0.3, -0.25) is 0 Å². The van der Waals surface area contributed by atoms with Crippen LogP contribution in [0.1, 0.15) is 18.9 Å². The number of aryl methyl sites for hydroxylation is 1. The molecular formula is C10H10Cl2O. The molecule has 1 aromatic rings. The number of benzene rings is 1. The van der Waals surface area contributed by atoms with E-state index in [-0.39, 0.29) is 5.78 Å². The van der Waals surface area contributed by atoms with Gasteiger partial charge in [-0.15, -0.1) is 0 Å². The van der Waals surface area contributed by atoms with E-state index in [0.717, 1.165) is 5.56 Å². The lowest BCUT2D eigenvalue weighted by Gasteiger charge is -2.03. The number of hydrogen-bond acceptors (Lipinski definition) is 1. The fraction of sp³-hybridized carbons (Fsp3) is 0.300. The van der Waals surface area contributed by atoms with Crippen molar-refractivity contribution in [1.82, 2.24) is 0 Å². The van der Waals surface area contributed by atoms with E-state index in [9.17, 15) is 4.79 Å². The van der Waals surface area contributed by atoms with Crippen molar-refractivity contribution in [3.05, 3.63) is 33.8 Å². The molecule has 1 rings (SSSR count). The summed E-state index contributed by atoms with van der Waals surface area (Å²) < 4.78 is 0. The highest BCUT2D eigenvalue weighted by Gasteiger charge is 2.04. The van der Waals surface area contributed by atoms with Gasteiger partial charge in [0.15, 0.2) is 0 Å². The molecule has 0 saturated carbocycles. The van der Waals surface area contributed by atoms with Crippen molar-refractivity contribution in [2.45, 2.75) is 19.8 Å². The summed E-state index contributed by atoms with van der Waals surface area (Å²) in [6.45, 7) is 1.57. The normalized spacial score (nSPS) is 10.1. The highest BCUT2D eigenvalue weighted by atomic mass is 35.5. The first-order chi connectivity index (χ1) is 6.11. The van der Waals surface area contributed by atoms with Crippen molar-refractivity contribution < 1.29 is 4.79 Å². The molecule has 0 amide bonds. The average Bonchev–Trinajstić information content (AvgIpc) is 2.07. The largest absolute Gasteiger partial charge is 0.300 e. The standard InChI is InChI=1S/C10H10Cl2O/c1-7(13)5-6-8-3-2-4-9(11)10(8)12/h2-4H,5-6H2,1H3. The molecule has 1 nitrogen and oxygen atoms in total. The SMILES string of the molecule is CC(=O)CCc1cccc(Cl)c1Cl. The summed E-state index contributed by atoms with van der Waals surface area (Å²) in [5.74, 6) is 0.163. The molecular weight excluding hydrogens is 207 g/mol. The minimum atomic E-state index is 0.163. The van der Waals surface area contributed by atoms with E-state index < -0.39 is 0 Å². The molecule has 3 heteroatoms. The average molecular weight is 217 g/mol. The quantitative estimate of drug-likeness (QED) is 0.756. The maximum Gasteiger partial charge on any atom is 0.130 e. The van der Waals surface area contributed by atoms with Crippen LogP contribution in [0, 0.1) is 0 Å². The Bertz CT molecular complexity index is 321. The van der Waals surface area contributed by atoms with Gasteiger partial charge < -0.3 is 4.79 Å². The van der Waals surface area contributed by atoms with Crippen molar-refractivity contribution in [1.29, 1.82) is 0 Å². The molecule has 13 heavy (non-hydrogen) atoms. The first-order valence-electron chi connectivity index (χ1n) is 4.03. The van der Waals surface area contributed by atoms with Crippen LogP contribution in [-0.4, -0.2) is 5.78 Å². The molecule has 0 aliphatic rings. The molecule has 0 atom stereocenters. The summed E-state index contributed by atoms with van der Waals surface area (Å²) in [7, 11) is 0. The maximum atomic E-state index is 10.7. The van der Waals surface area contributed by atoms with E-state index in [0.29, 0.717) is 22.9 Å². The van der Waals surface area contributed by atoms with Gasteiger partial charge in [0, 0.05) is 6.42 Å². The third-order valence-electron chi connectivity index (χ3n) is 1.78. The van der Waals surface area contributed by atoms with Crippen molar-refractivity contribution in [2.24, 2.45) is 0 Å². The Hall–Kier alpha value is -0.530. The minimum absolute atomic E-state index is 0.163. The van der Waals surface area contributed by atoms with E-state index in [4.69, 9.17) is 23.2 Å². The number of ketones is 1. The second-order valence-electron chi connectivity index (χ2n) is 2.91. The van der Waals surface area contributed by atoms with Crippen LogP contribution < -0.4 is 0 Å². The highest BCUT2D eigenvalue weighted by molar-refractivity contribution is 6.42. The number of hydrogen-bond donors (Lipinski definition) is 0. The van der Waals surface area contributed by atoms with Crippen molar-refractivity contribution >= 4 is 29.0 Å². The Morgan fingerprint density at radius 2 is 2.08 bits per heavy atom. The Labute approximate surface area is 87.7 Å². The van der Waals surface area contributed by atoms with Crippen molar-refractivity contribution in [2.75, 3.05) is 0 Å².